The molecule has 19 heavy (non-hydrogen) atoms. The minimum absolute atomic E-state index is 0.0250. The predicted molar refractivity (Wildman–Crippen MR) is 82.1 cm³/mol. The van der Waals surface area contributed by atoms with Crippen LogP contribution in [0, 0.1) is 5.41 Å². The predicted octanol–water partition coefficient (Wildman–Crippen LogP) is 4.02. The topological polar surface area (TPSA) is 35.2 Å². The van der Waals surface area contributed by atoms with E-state index in [-0.39, 0.29) is 11.6 Å². The molecule has 0 aromatic heterocycles. The molecule has 1 unspecified atom stereocenters. The minimum atomic E-state index is -0.105. The molecule has 2 heterocycles. The van der Waals surface area contributed by atoms with Crippen molar-refractivity contribution in [3.05, 3.63) is 28.8 Å². The van der Waals surface area contributed by atoms with E-state index in [1.807, 2.05) is 30.0 Å². The molecule has 2 aliphatic heterocycles. The van der Waals surface area contributed by atoms with E-state index in [4.69, 9.17) is 22.1 Å². The fourth-order valence-electron chi connectivity index (χ4n) is 3.37. The second-order valence-corrected chi connectivity index (χ2v) is 8.03. The van der Waals surface area contributed by atoms with Gasteiger partial charge in [0.1, 0.15) is 11.4 Å². The Labute approximate surface area is 124 Å². The van der Waals surface area contributed by atoms with Gasteiger partial charge < -0.3 is 10.5 Å². The van der Waals surface area contributed by atoms with Gasteiger partial charge in [-0.15, -0.1) is 0 Å². The highest BCUT2D eigenvalue weighted by Gasteiger charge is 2.46. The van der Waals surface area contributed by atoms with Gasteiger partial charge in [0.25, 0.3) is 0 Å². The van der Waals surface area contributed by atoms with Gasteiger partial charge in [0.05, 0.1) is 0 Å². The summed E-state index contributed by atoms with van der Waals surface area (Å²) in [5.41, 5.74) is 7.62. The number of hydrogen-bond acceptors (Lipinski definition) is 3. The van der Waals surface area contributed by atoms with Crippen LogP contribution < -0.4 is 10.5 Å². The van der Waals surface area contributed by atoms with Crippen molar-refractivity contribution >= 4 is 23.4 Å². The van der Waals surface area contributed by atoms with Gasteiger partial charge in [-0.25, -0.2) is 0 Å². The van der Waals surface area contributed by atoms with Gasteiger partial charge in [0, 0.05) is 28.8 Å². The zero-order chi connectivity index (χ0) is 13.7. The van der Waals surface area contributed by atoms with Gasteiger partial charge in [-0.1, -0.05) is 25.4 Å². The van der Waals surface area contributed by atoms with Gasteiger partial charge in [-0.05, 0) is 35.8 Å². The monoisotopic (exact) mass is 297 g/mol. The van der Waals surface area contributed by atoms with Crippen LogP contribution in [0.2, 0.25) is 5.02 Å². The Morgan fingerprint density at radius 2 is 2.16 bits per heavy atom. The normalized spacial score (nSPS) is 32.7. The van der Waals surface area contributed by atoms with E-state index in [1.165, 1.54) is 5.75 Å². The Bertz CT molecular complexity index is 505. The first-order chi connectivity index (χ1) is 8.89. The third-order valence-electron chi connectivity index (χ3n) is 3.95. The number of rotatable bonds is 0. The molecule has 2 atom stereocenters. The summed E-state index contributed by atoms with van der Waals surface area (Å²) in [6.45, 7) is 4.63. The third kappa shape index (κ3) is 2.61. The molecule has 2 aliphatic rings. The maximum Gasteiger partial charge on any atom is 0.125 e. The fourth-order valence-corrected chi connectivity index (χ4v) is 4.96. The number of halogens is 1. The van der Waals surface area contributed by atoms with Crippen molar-refractivity contribution < 1.29 is 4.74 Å². The second-order valence-electron chi connectivity index (χ2n) is 6.61. The lowest BCUT2D eigenvalue weighted by atomic mass is 9.76. The first-order valence-electron chi connectivity index (χ1n) is 6.71. The van der Waals surface area contributed by atoms with Crippen LogP contribution in [-0.2, 0) is 0 Å². The summed E-state index contributed by atoms with van der Waals surface area (Å²) in [4.78, 5) is 0. The Balaban J connectivity index is 1.94. The Kier molecular flexibility index (Phi) is 3.27. The number of nitrogens with two attached hydrogens (primary N) is 1. The maximum atomic E-state index is 6.36. The SMILES string of the molecule is CC1(C)CSCC2(C[C@@H](N)c3cc(Cl)ccc3O2)C1. The first-order valence-corrected chi connectivity index (χ1v) is 8.24. The zero-order valence-electron chi connectivity index (χ0n) is 11.4. The molecule has 104 valence electrons. The van der Waals surface area contributed by atoms with Crippen LogP contribution in [0.25, 0.3) is 0 Å². The lowest BCUT2D eigenvalue weighted by Crippen LogP contribution is -2.51. The number of hydrogen-bond donors (Lipinski definition) is 1. The largest absolute Gasteiger partial charge is 0.486 e. The van der Waals surface area contributed by atoms with E-state index in [9.17, 15) is 0 Å². The number of thioether (sulfide) groups is 1. The quantitative estimate of drug-likeness (QED) is 0.785. The third-order valence-corrected chi connectivity index (χ3v) is 5.90. The van der Waals surface area contributed by atoms with E-state index in [0.717, 1.165) is 34.9 Å². The van der Waals surface area contributed by atoms with Crippen LogP contribution >= 0.6 is 23.4 Å². The molecule has 0 saturated carbocycles. The average molecular weight is 298 g/mol. The smallest absolute Gasteiger partial charge is 0.125 e. The summed E-state index contributed by atoms with van der Waals surface area (Å²) < 4.78 is 6.36. The van der Waals surface area contributed by atoms with Crippen molar-refractivity contribution in [1.82, 2.24) is 0 Å². The first kappa shape index (κ1) is 13.6. The van der Waals surface area contributed by atoms with Crippen molar-refractivity contribution in [3.8, 4) is 5.75 Å². The van der Waals surface area contributed by atoms with Crippen molar-refractivity contribution in [1.29, 1.82) is 0 Å². The molecule has 4 heteroatoms. The van der Waals surface area contributed by atoms with Crippen molar-refractivity contribution in [2.24, 2.45) is 11.1 Å². The standard InChI is InChI=1S/C15H20ClNOS/c1-14(2)7-15(9-19-8-14)6-12(17)11-5-10(16)3-4-13(11)18-15/h3-5,12H,6-9,17H2,1-2H3/t12-,15?/m1/s1. The summed E-state index contributed by atoms with van der Waals surface area (Å²) in [5, 5.41) is 0.729. The highest BCUT2D eigenvalue weighted by Crippen LogP contribution is 2.49. The van der Waals surface area contributed by atoms with Crippen molar-refractivity contribution in [2.45, 2.75) is 38.3 Å². The minimum Gasteiger partial charge on any atom is -0.486 e. The lowest BCUT2D eigenvalue weighted by Gasteiger charge is -2.48. The number of fused-ring (bicyclic) bond motifs is 1. The molecule has 0 bridgehead atoms. The average Bonchev–Trinajstić information content (AvgIpc) is 2.29. The van der Waals surface area contributed by atoms with Gasteiger partial charge in [-0.2, -0.15) is 11.8 Å². The highest BCUT2D eigenvalue weighted by molar-refractivity contribution is 7.99. The van der Waals surface area contributed by atoms with E-state index < -0.39 is 0 Å². The highest BCUT2D eigenvalue weighted by atomic mass is 35.5. The van der Waals surface area contributed by atoms with Crippen molar-refractivity contribution in [2.75, 3.05) is 11.5 Å². The van der Waals surface area contributed by atoms with Crippen LogP contribution in [0.5, 0.6) is 5.75 Å². The van der Waals surface area contributed by atoms with Gasteiger partial charge in [0.15, 0.2) is 0 Å². The van der Waals surface area contributed by atoms with Crippen LogP contribution in [-0.4, -0.2) is 17.1 Å². The zero-order valence-corrected chi connectivity index (χ0v) is 13.0. The summed E-state index contributed by atoms with van der Waals surface area (Å²) in [5.74, 6) is 3.15. The summed E-state index contributed by atoms with van der Waals surface area (Å²) in [6, 6.07) is 5.81. The fraction of sp³-hybridized carbons (Fsp3) is 0.600. The molecule has 0 amide bonds. The molecule has 1 aromatic rings. The molecule has 0 radical (unpaired) electrons. The van der Waals surface area contributed by atoms with Crippen molar-refractivity contribution in [3.63, 3.8) is 0 Å². The summed E-state index contributed by atoms with van der Waals surface area (Å²) in [6.07, 6.45) is 1.96. The summed E-state index contributed by atoms with van der Waals surface area (Å²) >= 11 is 8.03. The Hall–Kier alpha value is -0.380. The Morgan fingerprint density at radius 3 is 2.89 bits per heavy atom. The molecular formula is C15H20ClNOS. The molecule has 2 nitrogen and oxygen atoms in total. The van der Waals surface area contributed by atoms with E-state index in [2.05, 4.69) is 13.8 Å². The van der Waals surface area contributed by atoms with Crippen LogP contribution in [0.4, 0.5) is 0 Å². The lowest BCUT2D eigenvalue weighted by molar-refractivity contribution is 0.0167. The van der Waals surface area contributed by atoms with E-state index in [0.29, 0.717) is 5.41 Å². The number of benzene rings is 1. The second kappa shape index (κ2) is 4.57. The van der Waals surface area contributed by atoms with Gasteiger partial charge in [0.2, 0.25) is 0 Å². The van der Waals surface area contributed by atoms with E-state index in [1.54, 1.807) is 0 Å². The molecule has 1 saturated heterocycles. The van der Waals surface area contributed by atoms with Crippen LogP contribution in [0.15, 0.2) is 18.2 Å². The molecule has 1 spiro atoms. The molecular weight excluding hydrogens is 278 g/mol. The van der Waals surface area contributed by atoms with E-state index >= 15 is 0 Å². The molecule has 3 rings (SSSR count). The van der Waals surface area contributed by atoms with Crippen LogP contribution in [0.3, 0.4) is 0 Å². The molecule has 1 fully saturated rings. The van der Waals surface area contributed by atoms with Gasteiger partial charge in [-0.3, -0.25) is 0 Å². The summed E-state index contributed by atoms with van der Waals surface area (Å²) in [7, 11) is 0. The Morgan fingerprint density at radius 1 is 1.37 bits per heavy atom. The number of ether oxygens (including phenoxy) is 1. The maximum absolute atomic E-state index is 6.36. The molecule has 2 N–H and O–H groups in total. The van der Waals surface area contributed by atoms with Gasteiger partial charge >= 0.3 is 0 Å². The van der Waals surface area contributed by atoms with Crippen LogP contribution in [0.1, 0.15) is 38.3 Å². The molecule has 1 aromatic carbocycles. The molecule has 0 aliphatic carbocycles.